The van der Waals surface area contributed by atoms with E-state index in [9.17, 15) is 31.9 Å². The van der Waals surface area contributed by atoms with Crippen LogP contribution < -0.4 is 9.80 Å². The molecule has 0 saturated carbocycles. The molecule has 0 bridgehead atoms. The fraction of sp³-hybridized carbons (Fsp3) is 0.444. The molecular weight excluding hydrogens is 571 g/mol. The lowest BCUT2D eigenvalue weighted by molar-refractivity contribution is -0.146. The summed E-state index contributed by atoms with van der Waals surface area (Å²) in [7, 11) is 0. The average molecular weight is 599 g/mol. The van der Waals surface area contributed by atoms with Crippen molar-refractivity contribution >= 4 is 29.1 Å². The van der Waals surface area contributed by atoms with Crippen LogP contribution in [0.3, 0.4) is 0 Å². The molecule has 220 valence electrons. The first kappa shape index (κ1) is 29.1. The van der Waals surface area contributed by atoms with Crippen LogP contribution in [0.2, 0.25) is 5.02 Å². The minimum Gasteiger partial charge on any atom is -0.478 e. The van der Waals surface area contributed by atoms with Crippen LogP contribution in [0.1, 0.15) is 41.4 Å². The maximum absolute atomic E-state index is 13.8. The third kappa shape index (κ3) is 6.56. The Hall–Kier alpha value is -3.45. The van der Waals surface area contributed by atoms with Crippen molar-refractivity contribution in [3.05, 3.63) is 59.0 Å². The fourth-order valence-electron chi connectivity index (χ4n) is 5.55. The van der Waals surface area contributed by atoms with Crippen molar-refractivity contribution < 1.29 is 31.9 Å². The van der Waals surface area contributed by atoms with Crippen molar-refractivity contribution in [2.45, 2.75) is 31.5 Å². The maximum Gasteiger partial charge on any atom is 0.401 e. The number of carboxylic acid groups (broad SMARTS) is 1. The Morgan fingerprint density at radius 3 is 2.44 bits per heavy atom. The van der Waals surface area contributed by atoms with Gasteiger partial charge in [-0.25, -0.2) is 18.6 Å². The van der Waals surface area contributed by atoms with Crippen LogP contribution in [0.5, 0.6) is 0 Å². The molecule has 8 nitrogen and oxygen atoms in total. The molecule has 4 heterocycles. The summed E-state index contributed by atoms with van der Waals surface area (Å²) in [6.45, 7) is 1.48. The molecule has 14 heteroatoms. The second kappa shape index (κ2) is 11.8. The highest BCUT2D eigenvalue weighted by Gasteiger charge is 2.33. The molecule has 41 heavy (non-hydrogen) atoms. The molecule has 1 unspecified atom stereocenters. The highest BCUT2D eigenvalue weighted by molar-refractivity contribution is 6.31. The van der Waals surface area contributed by atoms with E-state index in [-0.39, 0.29) is 13.1 Å². The zero-order valence-electron chi connectivity index (χ0n) is 21.9. The van der Waals surface area contributed by atoms with Crippen LogP contribution in [0, 0.1) is 0 Å². The summed E-state index contributed by atoms with van der Waals surface area (Å²) >= 11 is 6.36. The number of rotatable bonds is 7. The van der Waals surface area contributed by atoms with Crippen molar-refractivity contribution in [1.29, 1.82) is 0 Å². The molecule has 1 N–H and O–H groups in total. The summed E-state index contributed by atoms with van der Waals surface area (Å²) < 4.78 is 66.9. The first-order chi connectivity index (χ1) is 19.5. The number of piperazine rings is 1. The minimum atomic E-state index is -4.22. The standard InChI is InChI=1S/C27H28ClF5N6O2/c28-18-4-5-20(17-3-6-23(34-13-17)37-10-8-36(9-11-37)16-27(31,32)33)22(12-18)38-7-1-2-19(15-38)39-24(25(29)30)21(14-35-39)26(40)41/h3-6,12-14,19,25H,1-2,7-11,15-16H2,(H,40,41). The summed E-state index contributed by atoms with van der Waals surface area (Å²) in [6.07, 6.45) is -3.32. The van der Waals surface area contributed by atoms with Gasteiger partial charge < -0.3 is 14.9 Å². The summed E-state index contributed by atoms with van der Waals surface area (Å²) in [5.41, 5.74) is 1.29. The fourth-order valence-corrected chi connectivity index (χ4v) is 5.72. The van der Waals surface area contributed by atoms with Gasteiger partial charge in [0.05, 0.1) is 18.8 Å². The SMILES string of the molecule is O=C(O)c1cnn(C2CCCN(c3cc(Cl)ccc3-c3ccc(N4CCN(CC(F)(F)F)CC4)nc3)C2)c1C(F)F. The predicted molar refractivity (Wildman–Crippen MR) is 144 cm³/mol. The third-order valence-corrected chi connectivity index (χ3v) is 7.71. The number of nitrogens with zero attached hydrogens (tertiary/aromatic N) is 6. The van der Waals surface area contributed by atoms with E-state index in [2.05, 4.69) is 10.1 Å². The van der Waals surface area contributed by atoms with Crippen LogP contribution in [0.15, 0.2) is 42.7 Å². The van der Waals surface area contributed by atoms with E-state index < -0.39 is 42.4 Å². The maximum atomic E-state index is 13.8. The van der Waals surface area contributed by atoms with Crippen molar-refractivity contribution in [1.82, 2.24) is 19.7 Å². The Bertz CT molecular complexity index is 1380. The van der Waals surface area contributed by atoms with Crippen molar-refractivity contribution in [3.8, 4) is 11.1 Å². The molecule has 5 rings (SSSR count). The van der Waals surface area contributed by atoms with Gasteiger partial charge in [0.1, 0.15) is 17.1 Å². The molecule has 2 saturated heterocycles. The number of aromatic nitrogens is 3. The van der Waals surface area contributed by atoms with Gasteiger partial charge in [0, 0.05) is 67.3 Å². The number of piperidine rings is 1. The van der Waals surface area contributed by atoms with Gasteiger partial charge in [-0.1, -0.05) is 17.7 Å². The Morgan fingerprint density at radius 2 is 1.80 bits per heavy atom. The molecule has 0 spiro atoms. The first-order valence-electron chi connectivity index (χ1n) is 13.1. The van der Waals surface area contributed by atoms with Crippen molar-refractivity contribution in [2.24, 2.45) is 0 Å². The molecule has 2 aliphatic heterocycles. The molecule has 0 radical (unpaired) electrons. The third-order valence-electron chi connectivity index (χ3n) is 7.47. The predicted octanol–water partition coefficient (Wildman–Crippen LogP) is 5.76. The number of aromatic carboxylic acids is 1. The van der Waals surface area contributed by atoms with Gasteiger partial charge in [-0.2, -0.15) is 18.3 Å². The van der Waals surface area contributed by atoms with E-state index in [0.717, 1.165) is 27.7 Å². The zero-order valence-corrected chi connectivity index (χ0v) is 22.6. The minimum absolute atomic E-state index is 0.290. The number of benzene rings is 1. The number of halogens is 6. The molecule has 2 fully saturated rings. The van der Waals surface area contributed by atoms with Gasteiger partial charge in [-0.05, 0) is 37.1 Å². The quantitative estimate of drug-likeness (QED) is 0.347. The average Bonchev–Trinajstić information content (AvgIpc) is 3.39. The number of hydrogen-bond acceptors (Lipinski definition) is 6. The van der Waals surface area contributed by atoms with Gasteiger partial charge in [0.15, 0.2) is 0 Å². The van der Waals surface area contributed by atoms with E-state index in [1.807, 2.05) is 28.0 Å². The highest BCUT2D eigenvalue weighted by Crippen LogP contribution is 2.38. The Kier molecular flexibility index (Phi) is 8.37. The number of alkyl halides is 5. The van der Waals surface area contributed by atoms with E-state index in [4.69, 9.17) is 11.6 Å². The van der Waals surface area contributed by atoms with Crippen LogP contribution in [0.25, 0.3) is 11.1 Å². The summed E-state index contributed by atoms with van der Waals surface area (Å²) in [6, 6.07) is 8.65. The topological polar surface area (TPSA) is 77.7 Å². The van der Waals surface area contributed by atoms with Crippen LogP contribution in [-0.4, -0.2) is 82.7 Å². The Balaban J connectivity index is 1.35. The first-order valence-corrected chi connectivity index (χ1v) is 13.5. The summed E-state index contributed by atoms with van der Waals surface area (Å²) in [5, 5.41) is 13.8. The van der Waals surface area contributed by atoms with E-state index in [1.165, 1.54) is 4.90 Å². The number of anilines is 2. The molecule has 1 aromatic carbocycles. The molecule has 3 aromatic rings. The second-order valence-electron chi connectivity index (χ2n) is 10.2. The Morgan fingerprint density at radius 1 is 1.05 bits per heavy atom. The van der Waals surface area contributed by atoms with E-state index in [1.54, 1.807) is 18.3 Å². The monoisotopic (exact) mass is 598 g/mol. The lowest BCUT2D eigenvalue weighted by atomic mass is 10.00. The normalized spacial score (nSPS) is 18.8. The molecular formula is C27H28ClF5N6O2. The summed E-state index contributed by atoms with van der Waals surface area (Å²) in [4.78, 5) is 21.4. The van der Waals surface area contributed by atoms with Crippen molar-refractivity contribution in [3.63, 3.8) is 0 Å². The molecule has 0 amide bonds. The molecule has 2 aromatic heterocycles. The van der Waals surface area contributed by atoms with Crippen LogP contribution >= 0.6 is 11.6 Å². The van der Waals surface area contributed by atoms with Gasteiger partial charge >= 0.3 is 12.1 Å². The lowest BCUT2D eigenvalue weighted by Gasteiger charge is -2.36. The Labute approximate surface area is 237 Å². The highest BCUT2D eigenvalue weighted by atomic mass is 35.5. The molecule has 2 aliphatic rings. The number of hydrogen-bond donors (Lipinski definition) is 1. The number of carbonyl (C=O) groups is 1. The van der Waals surface area contributed by atoms with E-state index >= 15 is 0 Å². The van der Waals surface area contributed by atoms with E-state index in [0.29, 0.717) is 49.9 Å². The number of pyridine rings is 1. The van der Waals surface area contributed by atoms with Gasteiger partial charge in [0.2, 0.25) is 0 Å². The van der Waals surface area contributed by atoms with Crippen LogP contribution in [0.4, 0.5) is 33.5 Å². The van der Waals surface area contributed by atoms with Crippen molar-refractivity contribution in [2.75, 3.05) is 55.6 Å². The van der Waals surface area contributed by atoms with Gasteiger partial charge in [-0.3, -0.25) is 9.58 Å². The second-order valence-corrected chi connectivity index (χ2v) is 10.6. The molecule has 1 atom stereocenters. The zero-order chi connectivity index (χ0) is 29.3. The summed E-state index contributed by atoms with van der Waals surface area (Å²) in [5.74, 6) is -0.781. The largest absolute Gasteiger partial charge is 0.478 e. The van der Waals surface area contributed by atoms with Gasteiger partial charge in [-0.15, -0.1) is 0 Å². The smallest absolute Gasteiger partial charge is 0.401 e. The lowest BCUT2D eigenvalue weighted by Crippen LogP contribution is -2.49. The number of carboxylic acids is 1. The van der Waals surface area contributed by atoms with Gasteiger partial charge in [0.25, 0.3) is 6.43 Å². The molecule has 0 aliphatic carbocycles. The van der Waals surface area contributed by atoms with Crippen LogP contribution in [-0.2, 0) is 0 Å².